The summed E-state index contributed by atoms with van der Waals surface area (Å²) in [5, 5.41) is 18.7. The molecule has 0 spiro atoms. The number of anilines is 3. The lowest BCUT2D eigenvalue weighted by atomic mass is 9.99. The van der Waals surface area contributed by atoms with Crippen molar-refractivity contribution >= 4 is 77.3 Å². The van der Waals surface area contributed by atoms with Gasteiger partial charge in [0.15, 0.2) is 23.9 Å². The topological polar surface area (TPSA) is 361 Å². The van der Waals surface area contributed by atoms with Crippen LogP contribution in [0.25, 0.3) is 33.4 Å². The molecule has 24 nitrogen and oxygen atoms in total. The number of phosphoric ester groups is 1. The van der Waals surface area contributed by atoms with Gasteiger partial charge in [0, 0.05) is 77.7 Å². The fraction of sp³-hybridized carbons (Fsp3) is 0.348. The van der Waals surface area contributed by atoms with Gasteiger partial charge in [-0.2, -0.15) is 5.10 Å². The number of hydrogen-bond donors (Lipinski definition) is 8. The highest BCUT2D eigenvalue weighted by atomic mass is 31.2. The lowest BCUT2D eigenvalue weighted by Crippen LogP contribution is -2.54. The first-order valence-corrected chi connectivity index (χ1v) is 24.1. The molecule has 7 amide bonds. The molecule has 0 fully saturated rings. The van der Waals surface area contributed by atoms with E-state index in [-0.39, 0.29) is 102 Å². The minimum Gasteiger partial charge on any atom is -0.398 e. The number of ketones is 1. The van der Waals surface area contributed by atoms with E-state index in [9.17, 15) is 43.0 Å². The highest BCUT2D eigenvalue weighted by Gasteiger charge is 2.30. The van der Waals surface area contributed by atoms with Crippen LogP contribution >= 0.6 is 7.82 Å². The number of pyridine rings is 1. The van der Waals surface area contributed by atoms with E-state index in [0.717, 1.165) is 11.0 Å². The van der Waals surface area contributed by atoms with Crippen molar-refractivity contribution in [3.63, 3.8) is 0 Å². The molecule has 1 unspecified atom stereocenters. The monoisotopic (exact) mass is 1020 g/mol. The lowest BCUT2D eigenvalue weighted by molar-refractivity contribution is -0.137. The zero-order valence-electron chi connectivity index (χ0n) is 39.4. The van der Waals surface area contributed by atoms with Crippen LogP contribution in [0.1, 0.15) is 75.2 Å². The van der Waals surface area contributed by atoms with Gasteiger partial charge in [-0.15, -0.1) is 0 Å². The number of nitrogens with zero attached hydrogens (tertiary/aromatic N) is 5. The average molecular weight is 1020 g/mol. The highest BCUT2D eigenvalue weighted by Crippen LogP contribution is 2.45. The minimum atomic E-state index is -4.69. The van der Waals surface area contributed by atoms with Gasteiger partial charge in [0.05, 0.1) is 23.9 Å². The summed E-state index contributed by atoms with van der Waals surface area (Å²) in [6, 6.07) is 5.46. The fourth-order valence-corrected chi connectivity index (χ4v) is 8.13. The van der Waals surface area contributed by atoms with Crippen LogP contribution in [0, 0.1) is 11.7 Å². The summed E-state index contributed by atoms with van der Waals surface area (Å²) < 4.78 is 45.1. The van der Waals surface area contributed by atoms with Crippen molar-refractivity contribution < 1.29 is 61.0 Å². The summed E-state index contributed by atoms with van der Waals surface area (Å²) in [4.78, 5) is 103. The quantitative estimate of drug-likeness (QED) is 0.0134. The number of fused-ring (bicyclic) bond motifs is 1. The van der Waals surface area contributed by atoms with Crippen molar-refractivity contribution in [3.05, 3.63) is 84.1 Å². The number of primary amides is 1. The molecule has 4 heterocycles. The molecule has 72 heavy (non-hydrogen) atoms. The number of benzene rings is 2. The first-order valence-electron chi connectivity index (χ1n) is 22.6. The van der Waals surface area contributed by atoms with E-state index in [2.05, 4.69) is 36.5 Å². The van der Waals surface area contributed by atoms with Crippen molar-refractivity contribution in [1.82, 2.24) is 40.8 Å². The third-order valence-corrected chi connectivity index (χ3v) is 12.2. The minimum absolute atomic E-state index is 0.0426. The number of imide groups is 1. The maximum absolute atomic E-state index is 15.1. The van der Waals surface area contributed by atoms with Crippen LogP contribution in [-0.4, -0.2) is 96.2 Å². The summed E-state index contributed by atoms with van der Waals surface area (Å²) >= 11 is 0. The van der Waals surface area contributed by atoms with Gasteiger partial charge in [-0.05, 0) is 68.4 Å². The van der Waals surface area contributed by atoms with Crippen LogP contribution < -0.4 is 38.5 Å². The maximum Gasteiger partial charge on any atom is 0.474 e. The second-order valence-corrected chi connectivity index (χ2v) is 18.4. The van der Waals surface area contributed by atoms with Crippen LogP contribution in [0.3, 0.4) is 0 Å². The van der Waals surface area contributed by atoms with Crippen LogP contribution in [-0.2, 0) is 50.9 Å². The zero-order valence-corrected chi connectivity index (χ0v) is 40.3. The molecule has 1 aliphatic heterocycles. The number of carbonyl (C=O) groups is 7. The summed E-state index contributed by atoms with van der Waals surface area (Å²) in [5.74, 6) is -3.98. The van der Waals surface area contributed by atoms with Gasteiger partial charge in [-0.3, -0.25) is 47.7 Å². The Bertz CT molecular complexity index is 2920. The number of unbranched alkanes of at least 4 members (excludes halogenated alkanes) is 2. The molecule has 3 aromatic heterocycles. The van der Waals surface area contributed by atoms with Crippen molar-refractivity contribution in [2.24, 2.45) is 11.7 Å². The summed E-state index contributed by atoms with van der Waals surface area (Å²) in [6.07, 6.45) is 8.53. The van der Waals surface area contributed by atoms with E-state index in [1.807, 2.05) is 0 Å². The molecular formula is C46H54FN12O12P. The van der Waals surface area contributed by atoms with Crippen LogP contribution in [0.5, 0.6) is 0 Å². The Morgan fingerprint density at radius 3 is 2.33 bits per heavy atom. The molecule has 382 valence electrons. The first kappa shape index (κ1) is 53.5. The van der Waals surface area contributed by atoms with Crippen molar-refractivity contribution in [3.8, 4) is 22.4 Å². The Morgan fingerprint density at radius 2 is 1.65 bits per heavy atom. The molecular weight excluding hydrogens is 963 g/mol. The number of Topliss-reactive ketones (excluding diaryl/α,β-unsaturated/α-hetero) is 1. The van der Waals surface area contributed by atoms with E-state index in [0.29, 0.717) is 41.6 Å². The molecule has 0 radical (unpaired) electrons. The number of aromatic nitrogens is 4. The van der Waals surface area contributed by atoms with Gasteiger partial charge in [0.2, 0.25) is 17.7 Å². The number of carbonyl (C=O) groups excluding carboxylic acids is 7. The number of urea groups is 1. The van der Waals surface area contributed by atoms with Crippen molar-refractivity contribution in [1.29, 1.82) is 0 Å². The van der Waals surface area contributed by atoms with Crippen LogP contribution in [0.2, 0.25) is 0 Å². The molecule has 0 bridgehead atoms. The van der Waals surface area contributed by atoms with Gasteiger partial charge < -0.3 is 47.9 Å². The van der Waals surface area contributed by atoms with Crippen LogP contribution in [0.15, 0.2) is 71.7 Å². The van der Waals surface area contributed by atoms with Gasteiger partial charge in [0.1, 0.15) is 17.9 Å². The summed E-state index contributed by atoms with van der Waals surface area (Å²) in [6.45, 7) is 4.18. The Morgan fingerprint density at radius 1 is 0.931 bits per heavy atom. The molecule has 0 aliphatic carbocycles. The molecule has 2 aromatic carbocycles. The largest absolute Gasteiger partial charge is 0.474 e. The Labute approximate surface area is 410 Å². The molecule has 26 heteroatoms. The second kappa shape index (κ2) is 23.8. The maximum atomic E-state index is 15.1. The van der Waals surface area contributed by atoms with E-state index >= 15 is 4.39 Å². The van der Waals surface area contributed by atoms with Gasteiger partial charge in [0.25, 0.3) is 11.8 Å². The van der Waals surface area contributed by atoms with Crippen LogP contribution in [0.4, 0.5) is 26.4 Å². The Kier molecular flexibility index (Phi) is 17.7. The number of nitrogens with one attached hydrogen (secondary N) is 4. The number of phosphoric acid groups is 1. The van der Waals surface area contributed by atoms with E-state index < -0.39 is 56.2 Å². The lowest BCUT2D eigenvalue weighted by Gasteiger charge is -2.25. The van der Waals surface area contributed by atoms with Crippen molar-refractivity contribution in [2.75, 3.05) is 29.9 Å². The third kappa shape index (κ3) is 13.9. The predicted molar refractivity (Wildman–Crippen MR) is 258 cm³/mol. The van der Waals surface area contributed by atoms with E-state index in [1.54, 1.807) is 13.8 Å². The summed E-state index contributed by atoms with van der Waals surface area (Å²) in [7, 11) is -4.69. The fourth-order valence-electron chi connectivity index (χ4n) is 7.48. The van der Waals surface area contributed by atoms with Crippen molar-refractivity contribution in [2.45, 2.75) is 84.7 Å². The smallest absolute Gasteiger partial charge is 0.398 e. The molecule has 6 rings (SSSR count). The second-order valence-electron chi connectivity index (χ2n) is 17.0. The standard InChI is InChI=1S/C46H54FN12O12P/c1-25(2)40(56-36(61)9-5-4-6-17-59-37(62)14-15-38(59)63)45(65)55-35(8-7-16-51-46(50)66)44(64)54-29-12-10-27(11-13-29)23-69-72(67,68)70-24-58-22-28(20-53-58)32-21-52-41(39-42(32)71-57-43(39)49)31-18-30(26(3)60)34(48)19-33(31)47/h10-15,18-22,25,35,40H,4-9,16-17,23-24,48H2,1-3H3,(H2,49,57)(H,54,64)(H,55,65)(H,56,61)(H,67,68)(H3,50,51,66)/t35-,40-/m0/s1. The number of amides is 7. The Hall–Kier alpha value is -7.86. The number of halogens is 1. The molecule has 0 saturated heterocycles. The normalized spacial score (nSPS) is 14.1. The molecule has 1 aliphatic rings. The molecule has 3 atom stereocenters. The number of rotatable bonds is 25. The Balaban J connectivity index is 1.01. The average Bonchev–Trinajstić information content (AvgIpc) is 4.06. The van der Waals surface area contributed by atoms with E-state index in [4.69, 9.17) is 30.8 Å². The third-order valence-electron chi connectivity index (χ3n) is 11.3. The van der Waals surface area contributed by atoms with Gasteiger partial charge >= 0.3 is 13.9 Å². The van der Waals surface area contributed by atoms with E-state index in [1.165, 1.54) is 72.7 Å². The molecule has 11 N–H and O–H groups in total. The van der Waals surface area contributed by atoms with Gasteiger partial charge in [-0.25, -0.2) is 18.4 Å². The summed E-state index contributed by atoms with van der Waals surface area (Å²) in [5.41, 5.74) is 18.7. The number of nitrogens with two attached hydrogens (primary N) is 3. The first-order chi connectivity index (χ1) is 34.2. The predicted octanol–water partition coefficient (Wildman–Crippen LogP) is 4.05. The number of nitrogen functional groups attached to an aromatic ring is 2. The number of hydrogen-bond acceptors (Lipinski definition) is 16. The SMILES string of the molecule is CC(=O)c1cc(-c2ncc(-c3cnn(COP(=O)(O)OCc4ccc(NC(=O)[C@H](CCCNC(N)=O)NC(=O)[C@@H](NC(=O)CCCCCN5C(=O)C=CC5=O)C(C)C)cc4)c3)c3onc(N)c23)c(F)cc1N. The molecule has 0 saturated carbocycles. The highest BCUT2D eigenvalue weighted by molar-refractivity contribution is 7.47. The van der Waals surface area contributed by atoms with Gasteiger partial charge in [-0.1, -0.05) is 37.6 Å². The molecule has 5 aromatic rings. The zero-order chi connectivity index (χ0) is 52.3.